The summed E-state index contributed by atoms with van der Waals surface area (Å²) in [5.74, 6) is 1.62. The lowest BCUT2D eigenvalue weighted by Crippen LogP contribution is -2.15. The molecule has 0 bridgehead atoms. The molecule has 1 atom stereocenters. The molecule has 1 unspecified atom stereocenters. The van der Waals surface area contributed by atoms with E-state index in [1.54, 1.807) is 7.11 Å². The Kier molecular flexibility index (Phi) is 4.30. The van der Waals surface area contributed by atoms with Gasteiger partial charge in [-0.25, -0.2) is 0 Å². The molecule has 3 heteroatoms. The lowest BCUT2D eigenvalue weighted by atomic mass is 9.94. The Hall–Kier alpha value is -0.730. The summed E-state index contributed by atoms with van der Waals surface area (Å²) < 4.78 is 5.35. The first-order valence-electron chi connectivity index (χ1n) is 6.29. The van der Waals surface area contributed by atoms with Gasteiger partial charge in [0, 0.05) is 16.6 Å². The summed E-state index contributed by atoms with van der Waals surface area (Å²) in [5, 5.41) is 0.725. The highest BCUT2D eigenvalue weighted by atomic mass is 35.5. The highest BCUT2D eigenvalue weighted by molar-refractivity contribution is 6.30. The topological polar surface area (TPSA) is 35.2 Å². The van der Waals surface area contributed by atoms with Crippen molar-refractivity contribution >= 4 is 11.6 Å². The van der Waals surface area contributed by atoms with Crippen LogP contribution < -0.4 is 10.5 Å². The van der Waals surface area contributed by atoms with Gasteiger partial charge in [0.2, 0.25) is 0 Å². The molecule has 1 aromatic carbocycles. The lowest BCUT2D eigenvalue weighted by Gasteiger charge is -2.19. The number of ether oxygens (including phenoxy) is 1. The largest absolute Gasteiger partial charge is 0.496 e. The number of benzene rings is 1. The van der Waals surface area contributed by atoms with Crippen molar-refractivity contribution in [2.75, 3.05) is 7.11 Å². The normalized spacial score (nSPS) is 18.3. The minimum atomic E-state index is 0.0340. The van der Waals surface area contributed by atoms with E-state index < -0.39 is 0 Å². The number of methoxy groups -OCH3 is 1. The third-order valence-electron chi connectivity index (χ3n) is 3.65. The maximum absolute atomic E-state index is 6.28. The molecule has 1 aliphatic carbocycles. The van der Waals surface area contributed by atoms with E-state index in [0.29, 0.717) is 0 Å². The molecule has 1 aromatic rings. The Bertz CT molecular complexity index is 374. The summed E-state index contributed by atoms with van der Waals surface area (Å²) in [6, 6.07) is 5.70. The Morgan fingerprint density at radius 2 is 2.12 bits per heavy atom. The van der Waals surface area contributed by atoms with E-state index in [1.807, 2.05) is 18.2 Å². The zero-order valence-corrected chi connectivity index (χ0v) is 11.0. The molecule has 0 radical (unpaired) electrons. The van der Waals surface area contributed by atoms with Crippen LogP contribution in [0.15, 0.2) is 18.2 Å². The van der Waals surface area contributed by atoms with Gasteiger partial charge in [-0.05, 0) is 30.5 Å². The molecule has 0 amide bonds. The van der Waals surface area contributed by atoms with E-state index in [4.69, 9.17) is 22.1 Å². The van der Waals surface area contributed by atoms with E-state index in [1.165, 1.54) is 25.7 Å². The van der Waals surface area contributed by atoms with Crippen LogP contribution in [0.4, 0.5) is 0 Å². The average molecular weight is 254 g/mol. The molecule has 1 saturated carbocycles. The standard InChI is InChI=1S/C14H20ClNO/c1-17-14-7-6-11(15)9-12(14)13(16)8-10-4-2-3-5-10/h6-7,9-10,13H,2-5,8,16H2,1H3. The Morgan fingerprint density at radius 3 is 2.76 bits per heavy atom. The van der Waals surface area contributed by atoms with Gasteiger partial charge in [0.15, 0.2) is 0 Å². The lowest BCUT2D eigenvalue weighted by molar-refractivity contribution is 0.393. The van der Waals surface area contributed by atoms with Gasteiger partial charge in [-0.1, -0.05) is 37.3 Å². The van der Waals surface area contributed by atoms with Crippen LogP contribution in [-0.2, 0) is 0 Å². The number of halogens is 1. The number of nitrogens with two attached hydrogens (primary N) is 1. The van der Waals surface area contributed by atoms with E-state index >= 15 is 0 Å². The first kappa shape index (κ1) is 12.7. The highest BCUT2D eigenvalue weighted by Gasteiger charge is 2.21. The average Bonchev–Trinajstić information content (AvgIpc) is 2.81. The predicted octanol–water partition coefficient (Wildman–Crippen LogP) is 3.93. The summed E-state index contributed by atoms with van der Waals surface area (Å²) in [6.45, 7) is 0. The molecule has 2 N–H and O–H groups in total. The van der Waals surface area contributed by atoms with Crippen molar-refractivity contribution in [1.82, 2.24) is 0 Å². The van der Waals surface area contributed by atoms with Gasteiger partial charge in [-0.2, -0.15) is 0 Å². The van der Waals surface area contributed by atoms with Gasteiger partial charge in [-0.15, -0.1) is 0 Å². The third kappa shape index (κ3) is 3.14. The molecule has 0 heterocycles. The zero-order chi connectivity index (χ0) is 12.3. The van der Waals surface area contributed by atoms with Crippen molar-refractivity contribution in [2.45, 2.75) is 38.1 Å². The van der Waals surface area contributed by atoms with Crippen LogP contribution in [0.25, 0.3) is 0 Å². The Labute approximate surface area is 108 Å². The van der Waals surface area contributed by atoms with Gasteiger partial charge in [0.25, 0.3) is 0 Å². The first-order valence-corrected chi connectivity index (χ1v) is 6.67. The highest BCUT2D eigenvalue weighted by Crippen LogP contribution is 2.35. The third-order valence-corrected chi connectivity index (χ3v) is 3.89. The van der Waals surface area contributed by atoms with Gasteiger partial charge in [0.1, 0.15) is 5.75 Å². The molecule has 0 aliphatic heterocycles. The fraction of sp³-hybridized carbons (Fsp3) is 0.571. The van der Waals surface area contributed by atoms with E-state index in [-0.39, 0.29) is 6.04 Å². The van der Waals surface area contributed by atoms with Crippen molar-refractivity contribution in [2.24, 2.45) is 11.7 Å². The number of hydrogen-bond donors (Lipinski definition) is 1. The summed E-state index contributed by atoms with van der Waals surface area (Å²) >= 11 is 6.02. The van der Waals surface area contributed by atoms with Gasteiger partial charge < -0.3 is 10.5 Å². The van der Waals surface area contributed by atoms with E-state index in [2.05, 4.69) is 0 Å². The predicted molar refractivity (Wildman–Crippen MR) is 71.5 cm³/mol. The molecule has 2 nitrogen and oxygen atoms in total. The van der Waals surface area contributed by atoms with Crippen LogP contribution in [0.3, 0.4) is 0 Å². The van der Waals surface area contributed by atoms with Crippen LogP contribution in [0.1, 0.15) is 43.7 Å². The second-order valence-electron chi connectivity index (χ2n) is 4.88. The fourth-order valence-electron chi connectivity index (χ4n) is 2.73. The van der Waals surface area contributed by atoms with E-state index in [9.17, 15) is 0 Å². The van der Waals surface area contributed by atoms with Crippen molar-refractivity contribution in [3.8, 4) is 5.75 Å². The summed E-state index contributed by atoms with van der Waals surface area (Å²) in [6.07, 6.45) is 6.37. The second kappa shape index (κ2) is 5.74. The van der Waals surface area contributed by atoms with Crippen molar-refractivity contribution in [1.29, 1.82) is 0 Å². The van der Waals surface area contributed by atoms with E-state index in [0.717, 1.165) is 28.7 Å². The Morgan fingerprint density at radius 1 is 1.41 bits per heavy atom. The minimum absolute atomic E-state index is 0.0340. The van der Waals surface area contributed by atoms with Gasteiger partial charge >= 0.3 is 0 Å². The molecule has 0 saturated heterocycles. The van der Waals surface area contributed by atoms with Gasteiger partial charge in [-0.3, -0.25) is 0 Å². The molecular formula is C14H20ClNO. The minimum Gasteiger partial charge on any atom is -0.496 e. The van der Waals surface area contributed by atoms with Crippen molar-refractivity contribution in [3.63, 3.8) is 0 Å². The smallest absolute Gasteiger partial charge is 0.123 e. The maximum atomic E-state index is 6.28. The molecule has 1 fully saturated rings. The van der Waals surface area contributed by atoms with Crippen molar-refractivity contribution < 1.29 is 4.74 Å². The SMILES string of the molecule is COc1ccc(Cl)cc1C(N)CC1CCCC1. The van der Waals surface area contributed by atoms with Crippen LogP contribution in [0.2, 0.25) is 5.02 Å². The molecule has 0 spiro atoms. The van der Waals surface area contributed by atoms with Crippen LogP contribution in [0.5, 0.6) is 5.75 Å². The second-order valence-corrected chi connectivity index (χ2v) is 5.32. The summed E-state index contributed by atoms with van der Waals surface area (Å²) in [4.78, 5) is 0. The monoisotopic (exact) mass is 253 g/mol. The number of hydrogen-bond acceptors (Lipinski definition) is 2. The quantitative estimate of drug-likeness (QED) is 0.883. The molecular weight excluding hydrogens is 234 g/mol. The zero-order valence-electron chi connectivity index (χ0n) is 10.3. The molecule has 94 valence electrons. The number of rotatable bonds is 4. The van der Waals surface area contributed by atoms with Gasteiger partial charge in [0.05, 0.1) is 7.11 Å². The summed E-state index contributed by atoms with van der Waals surface area (Å²) in [5.41, 5.74) is 7.32. The molecule has 0 aromatic heterocycles. The summed E-state index contributed by atoms with van der Waals surface area (Å²) in [7, 11) is 1.68. The maximum Gasteiger partial charge on any atom is 0.123 e. The van der Waals surface area contributed by atoms with Crippen molar-refractivity contribution in [3.05, 3.63) is 28.8 Å². The molecule has 1 aliphatic rings. The fourth-order valence-corrected chi connectivity index (χ4v) is 2.91. The molecule has 2 rings (SSSR count). The Balaban J connectivity index is 2.11. The van der Waals surface area contributed by atoms with Crippen LogP contribution >= 0.6 is 11.6 Å². The van der Waals surface area contributed by atoms with Crippen LogP contribution in [-0.4, -0.2) is 7.11 Å². The first-order chi connectivity index (χ1) is 8.20. The van der Waals surface area contributed by atoms with Crippen LogP contribution in [0, 0.1) is 5.92 Å². The molecule has 17 heavy (non-hydrogen) atoms.